The van der Waals surface area contributed by atoms with Gasteiger partial charge in [0.2, 0.25) is 59.1 Å². The Morgan fingerprint density at radius 2 is 1.07 bits per heavy atom. The normalized spacial score (nSPS) is 15.0. The van der Waals surface area contributed by atoms with Crippen molar-refractivity contribution in [1.29, 1.82) is 0 Å². The predicted octanol–water partition coefficient (Wildman–Crippen LogP) is 2.37. The number of halogens is 1. The van der Waals surface area contributed by atoms with E-state index in [0.29, 0.717) is 56.7 Å². The lowest BCUT2D eigenvalue weighted by atomic mass is 9.99. The van der Waals surface area contributed by atoms with Crippen LogP contribution in [0.4, 0.5) is 0 Å². The number of aliphatic carboxylic acids is 1. The van der Waals surface area contributed by atoms with Gasteiger partial charge < -0.3 is 83.8 Å². The van der Waals surface area contributed by atoms with Gasteiger partial charge >= 0.3 is 5.97 Å². The van der Waals surface area contributed by atoms with Crippen molar-refractivity contribution in [3.8, 4) is 5.75 Å². The minimum absolute atomic E-state index is 0.0441. The molecule has 546 valence electrons. The zero-order valence-corrected chi connectivity index (χ0v) is 57.8. The molecule has 0 radical (unpaired) electrons. The molecule has 1 saturated heterocycles. The topological polar surface area (TPSA) is 430 Å². The van der Waals surface area contributed by atoms with Crippen LogP contribution in [-0.2, 0) is 91.3 Å². The summed E-state index contributed by atoms with van der Waals surface area (Å²) in [6.45, 7) is -0.184. The van der Waals surface area contributed by atoms with Gasteiger partial charge in [-0.05, 0) is 108 Å². The molecule has 3 heterocycles. The highest BCUT2D eigenvalue weighted by Crippen LogP contribution is 2.24. The van der Waals surface area contributed by atoms with Crippen molar-refractivity contribution < 1.29 is 68.1 Å². The number of aromatic amines is 2. The molecule has 1 aliphatic heterocycles. The number of likely N-dealkylation sites (tertiary alicyclic amines) is 1. The summed E-state index contributed by atoms with van der Waals surface area (Å²) in [5, 5.41) is 57.5. The van der Waals surface area contributed by atoms with E-state index in [2.05, 4.69) is 62.8 Å². The number of carboxylic acid groups (broad SMARTS) is 1. The molecule has 0 unspecified atom stereocenters. The number of aromatic nitrogens is 3. The van der Waals surface area contributed by atoms with Gasteiger partial charge in [0.15, 0.2) is 0 Å². The Labute approximate surface area is 603 Å². The number of nitrogens with one attached hydrogen (secondary N) is 11. The fourth-order valence-corrected chi connectivity index (χ4v) is 12.6. The van der Waals surface area contributed by atoms with Crippen molar-refractivity contribution in [3.05, 3.63) is 203 Å². The van der Waals surface area contributed by atoms with Crippen LogP contribution >= 0.6 is 11.6 Å². The summed E-state index contributed by atoms with van der Waals surface area (Å²) in [5.41, 5.74) is 9.87. The van der Waals surface area contributed by atoms with E-state index < -0.39 is 133 Å². The molecule has 0 bridgehead atoms. The highest BCUT2D eigenvalue weighted by atomic mass is 35.5. The number of aromatic hydroxyl groups is 1. The summed E-state index contributed by atoms with van der Waals surface area (Å²) in [6.07, 6.45) is 4.69. The van der Waals surface area contributed by atoms with Crippen molar-refractivity contribution in [1.82, 2.24) is 67.7 Å². The second-order valence-electron chi connectivity index (χ2n) is 25.6. The number of H-pyrrole nitrogens is 2. The highest BCUT2D eigenvalue weighted by Gasteiger charge is 2.40. The van der Waals surface area contributed by atoms with Crippen LogP contribution < -0.4 is 53.6 Å². The van der Waals surface area contributed by atoms with E-state index in [-0.39, 0.29) is 76.6 Å². The SMILES string of the molecule is CC(=O)N[C@H](Cc1ccc2ccccc2c1)C(=O)N[C@H](Cc1ccc(Cl)cc1)C(=O)N[C@@H](Cc1ccccc1)C(=O)N[C@@H](CO)C(=O)N[C@@H](Cc1cnc[nH]1)C(=O)N[C@H](CCCCN)C(=O)N[C@@H](Cc1c[nH]c2ccccc12)C(=O)N[C@@H](Cc1ccc(O)cc1)C(=O)N1CCC[C@H]1C(=O)NCC(=O)O. The largest absolute Gasteiger partial charge is 0.508 e. The smallest absolute Gasteiger partial charge is 0.322 e. The van der Waals surface area contributed by atoms with Crippen LogP contribution in [0.2, 0.25) is 5.02 Å². The predicted molar refractivity (Wildman–Crippen MR) is 386 cm³/mol. The first-order valence-electron chi connectivity index (χ1n) is 34.2. The van der Waals surface area contributed by atoms with E-state index in [1.54, 1.807) is 85.1 Å². The highest BCUT2D eigenvalue weighted by molar-refractivity contribution is 6.30. The summed E-state index contributed by atoms with van der Waals surface area (Å²) < 4.78 is 0. The van der Waals surface area contributed by atoms with Gasteiger partial charge in [0.25, 0.3) is 0 Å². The van der Waals surface area contributed by atoms with E-state index >= 15 is 9.59 Å². The number of aliphatic hydroxyl groups is 1. The van der Waals surface area contributed by atoms with Crippen molar-refractivity contribution in [3.63, 3.8) is 0 Å². The number of carbonyl (C=O) groups excluding carboxylic acids is 10. The third-order valence-corrected chi connectivity index (χ3v) is 18.1. The van der Waals surface area contributed by atoms with Crippen LogP contribution in [0.25, 0.3) is 21.7 Å². The Morgan fingerprint density at radius 1 is 0.558 bits per heavy atom. The fourth-order valence-electron chi connectivity index (χ4n) is 12.4. The maximum absolute atomic E-state index is 15.1. The number of unbranched alkanes of at least 4 members (excludes halogenated alkanes) is 1. The van der Waals surface area contributed by atoms with Gasteiger partial charge in [-0.1, -0.05) is 127 Å². The Hall–Kier alpha value is -11.5. The van der Waals surface area contributed by atoms with Crippen molar-refractivity contribution >= 4 is 98.3 Å². The Kier molecular flexibility index (Phi) is 27.6. The maximum atomic E-state index is 15.1. The molecule has 0 saturated carbocycles. The molecule has 8 aromatic rings. The number of nitrogens with zero attached hydrogens (tertiary/aromatic N) is 2. The monoisotopic (exact) mass is 1440 g/mol. The Bertz CT molecular complexity index is 4310. The third kappa shape index (κ3) is 22.0. The lowest BCUT2D eigenvalue weighted by Crippen LogP contribution is -2.61. The van der Waals surface area contributed by atoms with Crippen LogP contribution in [0.1, 0.15) is 72.5 Å². The summed E-state index contributed by atoms with van der Waals surface area (Å²) in [5.74, 6) is -9.51. The van der Waals surface area contributed by atoms with Gasteiger partial charge in [-0.15, -0.1) is 0 Å². The van der Waals surface area contributed by atoms with Gasteiger partial charge in [0.1, 0.15) is 66.7 Å². The third-order valence-electron chi connectivity index (χ3n) is 17.8. The van der Waals surface area contributed by atoms with E-state index in [1.807, 2.05) is 54.6 Å². The Balaban J connectivity index is 0.948. The number of benzene rings is 6. The number of para-hydroxylation sites is 1. The molecule has 28 nitrogen and oxygen atoms in total. The van der Waals surface area contributed by atoms with E-state index in [9.17, 15) is 58.5 Å². The standard InChI is InChI=1S/C75H85ClN14O14/c1-44(92)82-58(36-48-20-25-49-14-5-6-15-50(49)32-48)68(97)84-60(34-46-21-26-52(76)27-22-46)69(98)85-59(33-45-12-3-2-4-13-45)70(99)89-64(42-91)73(102)87-62(38-53-40-78-43-81-53)72(101)83-57(18-9-10-30-77)67(96)86-61(37-51-39-79-56-17-8-7-16-55(51)56)71(100)88-63(35-47-23-28-54(93)29-24-47)75(104)90-31-11-19-65(90)74(103)80-41-66(94)95/h2-8,12-17,20-29,32,39-40,43,57-65,79,91,93H,9-11,18-19,30-31,33-38,41-42,77H2,1H3,(H,78,81)(H,80,103)(H,82,92)(H,83,101)(H,84,97)(H,85,98)(H,86,96)(H,87,102)(H,88,100)(H,89,99)(H,94,95)/t57-,58-,59+,60-,61+,62+,63+,64+,65+/m1/s1. The lowest BCUT2D eigenvalue weighted by Gasteiger charge is -2.30. The molecule has 10 amide bonds. The number of nitrogens with two attached hydrogens (primary N) is 1. The zero-order valence-electron chi connectivity index (χ0n) is 57.1. The molecule has 104 heavy (non-hydrogen) atoms. The van der Waals surface area contributed by atoms with Gasteiger partial charge in [0, 0.05) is 86.0 Å². The molecule has 9 atom stereocenters. The van der Waals surface area contributed by atoms with Gasteiger partial charge in [0.05, 0.1) is 12.9 Å². The second kappa shape index (κ2) is 37.4. The van der Waals surface area contributed by atoms with E-state index in [0.717, 1.165) is 16.3 Å². The first kappa shape index (κ1) is 76.7. The summed E-state index contributed by atoms with van der Waals surface area (Å²) >= 11 is 6.24. The molecular formula is C75H85ClN14O14. The first-order chi connectivity index (χ1) is 50.1. The summed E-state index contributed by atoms with van der Waals surface area (Å²) in [4.78, 5) is 167. The molecule has 0 aliphatic carbocycles. The number of carboxylic acids is 1. The number of carbonyl (C=O) groups is 11. The van der Waals surface area contributed by atoms with Crippen molar-refractivity contribution in [2.45, 2.75) is 132 Å². The van der Waals surface area contributed by atoms with Crippen LogP contribution in [0.3, 0.4) is 0 Å². The number of phenolic OH excluding ortho intramolecular Hbond substituents is 1. The van der Waals surface area contributed by atoms with Crippen LogP contribution in [-0.4, -0.2) is 181 Å². The molecule has 6 aromatic carbocycles. The van der Waals surface area contributed by atoms with E-state index in [4.69, 9.17) is 17.3 Å². The van der Waals surface area contributed by atoms with Gasteiger partial charge in [-0.3, -0.25) is 52.7 Å². The van der Waals surface area contributed by atoms with E-state index in [1.165, 1.54) is 36.5 Å². The maximum Gasteiger partial charge on any atom is 0.322 e. The van der Waals surface area contributed by atoms with Crippen LogP contribution in [0, 0.1) is 0 Å². The van der Waals surface area contributed by atoms with Crippen molar-refractivity contribution in [2.75, 3.05) is 26.2 Å². The van der Waals surface area contributed by atoms with Gasteiger partial charge in [-0.25, -0.2) is 4.98 Å². The molecular weight excluding hydrogens is 1360 g/mol. The summed E-state index contributed by atoms with van der Waals surface area (Å²) in [6, 6.07) is 28.6. The Morgan fingerprint density at radius 3 is 1.68 bits per heavy atom. The minimum Gasteiger partial charge on any atom is -0.508 e. The number of hydrogen-bond acceptors (Lipinski definition) is 15. The first-order valence-corrected chi connectivity index (χ1v) is 34.6. The quantitative estimate of drug-likeness (QED) is 0.0251. The lowest BCUT2D eigenvalue weighted by molar-refractivity contribution is -0.143. The number of aliphatic hydroxyl groups excluding tert-OH is 1. The molecule has 1 aliphatic rings. The number of hydrogen-bond donors (Lipinski definition) is 15. The molecule has 2 aromatic heterocycles. The molecule has 29 heteroatoms. The number of fused-ring (bicyclic) bond motifs is 2. The average molecular weight is 1440 g/mol. The number of rotatable bonds is 36. The number of amides is 10. The molecule has 9 rings (SSSR count). The average Bonchev–Trinajstić information content (AvgIpc) is 1.67. The van der Waals surface area contributed by atoms with Gasteiger partial charge in [-0.2, -0.15) is 0 Å². The van der Waals surface area contributed by atoms with Crippen LogP contribution in [0.5, 0.6) is 5.75 Å². The fraction of sp³-hybridized carbons (Fsp3) is 0.333. The van der Waals surface area contributed by atoms with Crippen molar-refractivity contribution in [2.24, 2.45) is 5.73 Å². The molecule has 16 N–H and O–H groups in total. The second-order valence-corrected chi connectivity index (χ2v) is 26.0. The molecule has 0 spiro atoms. The van der Waals surface area contributed by atoms with Crippen LogP contribution in [0.15, 0.2) is 164 Å². The number of phenols is 1. The minimum atomic E-state index is -1.80. The molecule has 1 fully saturated rings. The zero-order chi connectivity index (χ0) is 74.2. The number of imidazole rings is 1. The summed E-state index contributed by atoms with van der Waals surface area (Å²) in [7, 11) is 0.